The first-order chi connectivity index (χ1) is 25.6. The second-order valence-electron chi connectivity index (χ2n) is 19.6. The van der Waals surface area contributed by atoms with Crippen molar-refractivity contribution in [3.63, 3.8) is 0 Å². The molecule has 5 unspecified atom stereocenters. The van der Waals surface area contributed by atoms with Crippen LogP contribution in [0.1, 0.15) is 117 Å². The molecule has 0 saturated heterocycles. The van der Waals surface area contributed by atoms with Crippen LogP contribution in [0.25, 0.3) is 0 Å². The molecule has 5 aliphatic carbocycles. The van der Waals surface area contributed by atoms with E-state index in [0.29, 0.717) is 36.2 Å². The molecule has 5 saturated carbocycles. The SMILES string of the molecule is C=C(C)C1CC[C@]2(COC(=O)C[n+]3cccc(CO)c3)CC[C@]3(C)C(CCC4[C@@]5(C)CC[C@H](OC(=O)C[n+]6cccc(CO)c6)C(C)(C)C5CC[C@]43C)C12. The van der Waals surface area contributed by atoms with E-state index in [1.165, 1.54) is 24.8 Å². The number of carbonyl (C=O) groups is 2. The molecule has 0 radical (unpaired) electrons. The molecule has 54 heavy (non-hydrogen) atoms. The van der Waals surface area contributed by atoms with Gasteiger partial charge in [0, 0.05) is 34.1 Å². The summed E-state index contributed by atoms with van der Waals surface area (Å²) in [4.78, 5) is 26.6. The normalized spacial score (nSPS) is 37.9. The van der Waals surface area contributed by atoms with Gasteiger partial charge in [-0.2, -0.15) is 9.13 Å². The van der Waals surface area contributed by atoms with Gasteiger partial charge in [0.05, 0.1) is 19.8 Å². The molecule has 0 amide bonds. The van der Waals surface area contributed by atoms with Crippen LogP contribution < -0.4 is 9.13 Å². The summed E-state index contributed by atoms with van der Waals surface area (Å²) in [6, 6.07) is 7.43. The largest absolute Gasteiger partial charge is 0.460 e. The number of hydrogen-bond acceptors (Lipinski definition) is 6. The molecule has 2 aromatic rings. The molecule has 0 aromatic carbocycles. The molecular formula is C46H66N2O6+2. The third kappa shape index (κ3) is 6.45. The number of hydrogen-bond donors (Lipinski definition) is 2. The molecule has 2 heterocycles. The third-order valence-corrected chi connectivity index (χ3v) is 16.8. The number of nitrogens with zero attached hydrogens (tertiary/aromatic N) is 2. The number of aliphatic hydroxyl groups excluding tert-OH is 2. The number of aliphatic hydroxyl groups is 2. The van der Waals surface area contributed by atoms with Crippen molar-refractivity contribution in [2.45, 2.75) is 138 Å². The lowest BCUT2D eigenvalue weighted by Crippen LogP contribution is -2.67. The van der Waals surface area contributed by atoms with Crippen molar-refractivity contribution in [2.24, 2.45) is 56.7 Å². The van der Waals surface area contributed by atoms with Crippen LogP contribution in [-0.4, -0.2) is 34.9 Å². The van der Waals surface area contributed by atoms with Crippen molar-refractivity contribution in [2.75, 3.05) is 6.61 Å². The maximum absolute atomic E-state index is 13.3. The Hall–Kier alpha value is -3.10. The molecule has 0 bridgehead atoms. The van der Waals surface area contributed by atoms with Gasteiger partial charge in [-0.1, -0.05) is 46.8 Å². The predicted octanol–water partition coefficient (Wildman–Crippen LogP) is 7.06. The van der Waals surface area contributed by atoms with Crippen LogP contribution >= 0.6 is 0 Å². The molecule has 8 nitrogen and oxygen atoms in total. The number of esters is 2. The van der Waals surface area contributed by atoms with E-state index in [4.69, 9.17) is 9.47 Å². The van der Waals surface area contributed by atoms with Crippen LogP contribution in [0.5, 0.6) is 0 Å². The van der Waals surface area contributed by atoms with Crippen molar-refractivity contribution < 1.29 is 38.4 Å². The van der Waals surface area contributed by atoms with Gasteiger partial charge in [0.1, 0.15) is 6.10 Å². The van der Waals surface area contributed by atoms with E-state index in [0.717, 1.165) is 56.1 Å². The molecule has 2 N–H and O–H groups in total. The predicted molar refractivity (Wildman–Crippen MR) is 205 cm³/mol. The summed E-state index contributed by atoms with van der Waals surface area (Å²) < 4.78 is 16.2. The highest BCUT2D eigenvalue weighted by Crippen LogP contribution is 2.77. The topological polar surface area (TPSA) is 101 Å². The summed E-state index contributed by atoms with van der Waals surface area (Å²) in [6.07, 6.45) is 18.4. The highest BCUT2D eigenvalue weighted by Gasteiger charge is 2.71. The highest BCUT2D eigenvalue weighted by atomic mass is 16.5. The van der Waals surface area contributed by atoms with Crippen molar-refractivity contribution in [3.8, 4) is 0 Å². The number of fused-ring (bicyclic) bond motifs is 7. The summed E-state index contributed by atoms with van der Waals surface area (Å²) in [5.41, 5.74) is 3.20. The fourth-order valence-corrected chi connectivity index (χ4v) is 14.0. The number of pyridine rings is 2. The Labute approximate surface area is 323 Å². The quantitative estimate of drug-likeness (QED) is 0.154. The van der Waals surface area contributed by atoms with Crippen molar-refractivity contribution in [3.05, 3.63) is 72.3 Å². The zero-order chi connectivity index (χ0) is 38.7. The first-order valence-corrected chi connectivity index (χ1v) is 20.8. The molecule has 2 aromatic heterocycles. The lowest BCUT2D eigenvalue weighted by molar-refractivity contribution is -0.686. The van der Waals surface area contributed by atoms with E-state index in [1.54, 1.807) is 0 Å². The van der Waals surface area contributed by atoms with Crippen LogP contribution in [0.15, 0.2) is 61.2 Å². The summed E-state index contributed by atoms with van der Waals surface area (Å²) >= 11 is 0. The van der Waals surface area contributed by atoms with Gasteiger partial charge in [0.2, 0.25) is 13.1 Å². The Bertz CT molecular complexity index is 1760. The number of aromatic nitrogens is 2. The summed E-state index contributed by atoms with van der Waals surface area (Å²) in [5.74, 6) is 2.10. The Balaban J connectivity index is 1.08. The zero-order valence-electron chi connectivity index (χ0n) is 33.8. The molecule has 0 aliphatic heterocycles. The Kier molecular flexibility index (Phi) is 10.5. The first kappa shape index (κ1) is 39.1. The van der Waals surface area contributed by atoms with Crippen molar-refractivity contribution in [1.29, 1.82) is 0 Å². The van der Waals surface area contributed by atoms with Gasteiger partial charge in [-0.05, 0) is 129 Å². The summed E-state index contributed by atoms with van der Waals surface area (Å²) in [6.45, 7) is 20.0. The average Bonchev–Trinajstić information content (AvgIpc) is 3.53. The zero-order valence-corrected chi connectivity index (χ0v) is 33.8. The van der Waals surface area contributed by atoms with Gasteiger partial charge in [-0.3, -0.25) is 0 Å². The van der Waals surface area contributed by atoms with E-state index >= 15 is 0 Å². The monoisotopic (exact) mass is 742 g/mol. The fraction of sp³-hybridized carbons (Fsp3) is 0.696. The van der Waals surface area contributed by atoms with E-state index in [-0.39, 0.29) is 71.4 Å². The molecule has 10 atom stereocenters. The standard InChI is InChI=1S/C46H66N2O6/c1-31(2)34-14-19-46(30-53-39(51)26-47-22-8-10-32(24-47)28-49)21-20-44(6)35(41(34)46)12-13-37-43(5)17-16-38(42(3,4)36(43)15-18-45(37,44)7)54-40(52)27-48-23-9-11-33(25-48)29-50/h8-11,22-25,34-38,41,49-50H,1,12-21,26-30H2,2-7H3/q+2/t34?,35?,36?,37?,38-,41?,43-,44+,45+,46+/m0/s1. The number of carbonyl (C=O) groups excluding carboxylic acids is 2. The minimum atomic E-state index is -0.212. The minimum absolute atomic E-state index is 0.0208. The highest BCUT2D eigenvalue weighted by molar-refractivity contribution is 5.68. The lowest BCUT2D eigenvalue weighted by atomic mass is 9.32. The maximum Gasteiger partial charge on any atom is 0.372 e. The van der Waals surface area contributed by atoms with Crippen LogP contribution in [0.3, 0.4) is 0 Å². The first-order valence-electron chi connectivity index (χ1n) is 20.8. The molecule has 7 rings (SSSR count). The molecular weight excluding hydrogens is 677 g/mol. The van der Waals surface area contributed by atoms with Crippen molar-refractivity contribution in [1.82, 2.24) is 0 Å². The summed E-state index contributed by atoms with van der Waals surface area (Å²) in [7, 11) is 0. The Morgan fingerprint density at radius 3 is 2.06 bits per heavy atom. The van der Waals surface area contributed by atoms with Crippen LogP contribution in [-0.2, 0) is 45.4 Å². The molecule has 5 fully saturated rings. The van der Waals surface area contributed by atoms with Gasteiger partial charge < -0.3 is 19.7 Å². The Morgan fingerprint density at radius 1 is 0.778 bits per heavy atom. The Morgan fingerprint density at radius 2 is 1.43 bits per heavy atom. The molecule has 8 heteroatoms. The molecule has 5 aliphatic rings. The second kappa shape index (κ2) is 14.4. The number of ether oxygens (including phenoxy) is 2. The van der Waals surface area contributed by atoms with E-state index in [1.807, 2.05) is 58.2 Å². The van der Waals surface area contributed by atoms with Crippen LogP contribution in [0.4, 0.5) is 0 Å². The van der Waals surface area contributed by atoms with E-state index in [9.17, 15) is 19.8 Å². The van der Waals surface area contributed by atoms with Gasteiger partial charge in [0.25, 0.3) is 0 Å². The van der Waals surface area contributed by atoms with Gasteiger partial charge >= 0.3 is 11.9 Å². The number of allylic oxidation sites excluding steroid dienone is 1. The van der Waals surface area contributed by atoms with Crippen LogP contribution in [0.2, 0.25) is 0 Å². The van der Waals surface area contributed by atoms with Gasteiger partial charge in [-0.25, -0.2) is 9.59 Å². The third-order valence-electron chi connectivity index (χ3n) is 16.8. The van der Waals surface area contributed by atoms with Gasteiger partial charge in [0.15, 0.2) is 24.8 Å². The fourth-order valence-electron chi connectivity index (χ4n) is 14.0. The maximum atomic E-state index is 13.3. The lowest BCUT2D eigenvalue weighted by Gasteiger charge is -2.73. The van der Waals surface area contributed by atoms with Crippen molar-refractivity contribution >= 4 is 11.9 Å². The van der Waals surface area contributed by atoms with E-state index in [2.05, 4.69) is 48.1 Å². The molecule has 0 spiro atoms. The second-order valence-corrected chi connectivity index (χ2v) is 19.6. The molecule has 294 valence electrons. The van der Waals surface area contributed by atoms with Crippen LogP contribution in [0, 0.1) is 56.7 Å². The number of rotatable bonds is 10. The van der Waals surface area contributed by atoms with Gasteiger partial charge in [-0.15, -0.1) is 0 Å². The smallest absolute Gasteiger partial charge is 0.372 e. The van der Waals surface area contributed by atoms with E-state index < -0.39 is 0 Å². The summed E-state index contributed by atoms with van der Waals surface area (Å²) in [5, 5.41) is 19.1. The minimum Gasteiger partial charge on any atom is -0.460 e. The average molecular weight is 743 g/mol.